The van der Waals surface area contributed by atoms with Crippen LogP contribution in [0.3, 0.4) is 0 Å². The van der Waals surface area contributed by atoms with Crippen LogP contribution in [-0.2, 0) is 38.1 Å². The number of likely N-dealkylation sites (tertiary alicyclic amines) is 2. The van der Waals surface area contributed by atoms with E-state index in [1.54, 1.807) is 33.3 Å². The Hall–Kier alpha value is -6.85. The summed E-state index contributed by atoms with van der Waals surface area (Å²) in [6.45, 7) is 19.7. The van der Waals surface area contributed by atoms with E-state index in [2.05, 4.69) is 32.1 Å². The largest absolute Gasteiger partial charge is 0.508 e. The molecule has 5 heterocycles. The number of hydrogen-bond donors (Lipinski definition) is 3. The molecule has 22 heteroatoms. The lowest BCUT2D eigenvalue weighted by Gasteiger charge is -2.35. The van der Waals surface area contributed by atoms with E-state index in [4.69, 9.17) is 40.3 Å². The molecule has 4 amide bonds. The lowest BCUT2D eigenvalue weighted by atomic mass is 9.85. The van der Waals surface area contributed by atoms with Crippen LogP contribution in [0.1, 0.15) is 70.7 Å². The number of nitrogens with zero attached hydrogens (tertiary/aromatic N) is 7. The van der Waals surface area contributed by atoms with Gasteiger partial charge in [0.15, 0.2) is 5.82 Å². The van der Waals surface area contributed by atoms with E-state index in [1.165, 1.54) is 12.1 Å². The SMILES string of the molecule is C=CC(=O)N1CCN(c2nc(OC3CCN(CCOCCOCCOCCOCC(=O)N[C@H](C(=O)N4CCC[C@H]4C(=O)N[C@@H](C)c4ccc(-c5scnc5C)cc4)C(C)(C)C)CC3)nc3c(F)c(-c4cc(O)cc5ccccc45)c(Cl)cc23)CC1. The molecule has 0 saturated carbocycles. The molecule has 85 heavy (non-hydrogen) atoms. The van der Waals surface area contributed by atoms with Gasteiger partial charge in [0.1, 0.15) is 41.9 Å². The number of amides is 4. The zero-order chi connectivity index (χ0) is 60.2. The standard InChI is InChI=1S/C63H77ClFN9O10S/c1-7-53(77)72-23-25-73(26-24-72)59-49-37-50(64)54(48-36-45(75)35-44-11-8-9-12-47(44)48)55(65)56(49)69-62(70-59)84-46-18-21-71(22-19-46)27-28-80-29-30-81-31-32-82-33-34-83-38-52(76)68-58(63(4,5)6)61(79)74-20-10-13-51(74)60(78)67-40(2)42-14-16-43(17-15-42)57-41(3)66-39-85-57/h7-9,11-12,14-17,35-37,39-40,46,51,58,75H,1,10,13,18-34,38H2,2-6H3,(H,67,78)(H,68,76)/t40-,51-,58+/m0/s1. The van der Waals surface area contributed by atoms with Crippen LogP contribution in [0.4, 0.5) is 10.2 Å². The number of aryl methyl sites for hydroxylation is 1. The fourth-order valence-electron chi connectivity index (χ4n) is 11.1. The first-order valence-electron chi connectivity index (χ1n) is 29.2. The van der Waals surface area contributed by atoms with Crippen molar-refractivity contribution >= 4 is 74.1 Å². The van der Waals surface area contributed by atoms with Crippen molar-refractivity contribution in [2.45, 2.75) is 84.5 Å². The third kappa shape index (κ3) is 15.8. The molecule has 0 aliphatic carbocycles. The average Bonchev–Trinajstić information content (AvgIpc) is 4.20. The molecular weight excluding hydrogens is 1130 g/mol. The molecule has 2 aromatic heterocycles. The monoisotopic (exact) mass is 1210 g/mol. The van der Waals surface area contributed by atoms with Crippen molar-refractivity contribution in [2.24, 2.45) is 5.41 Å². The number of benzene rings is 4. The minimum atomic E-state index is -0.868. The van der Waals surface area contributed by atoms with Crippen LogP contribution in [-0.4, -0.2) is 182 Å². The van der Waals surface area contributed by atoms with E-state index in [9.17, 15) is 24.3 Å². The van der Waals surface area contributed by atoms with Gasteiger partial charge < -0.3 is 59.0 Å². The van der Waals surface area contributed by atoms with E-state index >= 15 is 4.39 Å². The molecule has 0 radical (unpaired) electrons. The number of anilines is 1. The zero-order valence-corrected chi connectivity index (χ0v) is 50.7. The highest BCUT2D eigenvalue weighted by molar-refractivity contribution is 7.13. The molecule has 4 aromatic carbocycles. The predicted octanol–water partition coefficient (Wildman–Crippen LogP) is 8.52. The highest BCUT2D eigenvalue weighted by atomic mass is 35.5. The second-order valence-electron chi connectivity index (χ2n) is 22.7. The maximum atomic E-state index is 17.1. The van der Waals surface area contributed by atoms with Gasteiger partial charge >= 0.3 is 6.01 Å². The van der Waals surface area contributed by atoms with Crippen molar-refractivity contribution in [2.75, 3.05) is 110 Å². The quantitative estimate of drug-likeness (QED) is 0.0362. The molecule has 3 aliphatic rings. The number of rotatable bonds is 25. The lowest BCUT2D eigenvalue weighted by molar-refractivity contribution is -0.144. The Kier molecular flexibility index (Phi) is 21.4. The van der Waals surface area contributed by atoms with Gasteiger partial charge in [-0.3, -0.25) is 19.2 Å². The zero-order valence-electron chi connectivity index (χ0n) is 49.1. The Morgan fingerprint density at radius 2 is 1.53 bits per heavy atom. The van der Waals surface area contributed by atoms with Crippen LogP contribution in [0.5, 0.6) is 11.8 Å². The first kappa shape index (κ1) is 62.7. The number of piperazine rings is 1. The van der Waals surface area contributed by atoms with Crippen molar-refractivity contribution in [3.05, 3.63) is 107 Å². The molecule has 3 saturated heterocycles. The van der Waals surface area contributed by atoms with Gasteiger partial charge in [0.05, 0.1) is 73.4 Å². The fraction of sp³-hybridized carbons (Fsp3) is 0.476. The number of carbonyl (C=O) groups excluding carboxylic acids is 4. The molecule has 6 aromatic rings. The Labute approximate surface area is 504 Å². The number of hydrogen-bond acceptors (Lipinski definition) is 16. The summed E-state index contributed by atoms with van der Waals surface area (Å²) >= 11 is 8.52. The minimum absolute atomic E-state index is 0.0235. The Morgan fingerprint density at radius 3 is 2.20 bits per heavy atom. The van der Waals surface area contributed by atoms with Crippen molar-refractivity contribution in [1.82, 2.24) is 40.3 Å². The Balaban J connectivity index is 0.655. The van der Waals surface area contributed by atoms with Crippen molar-refractivity contribution in [3.63, 3.8) is 0 Å². The Bertz CT molecular complexity index is 3310. The van der Waals surface area contributed by atoms with E-state index in [0.29, 0.717) is 108 Å². The molecule has 3 N–H and O–H groups in total. The Morgan fingerprint density at radius 1 is 0.847 bits per heavy atom. The third-order valence-electron chi connectivity index (χ3n) is 15.8. The van der Waals surface area contributed by atoms with Gasteiger partial charge in [-0.1, -0.05) is 87.5 Å². The van der Waals surface area contributed by atoms with Gasteiger partial charge in [-0.25, -0.2) is 9.37 Å². The molecule has 0 bridgehead atoms. The van der Waals surface area contributed by atoms with Crippen LogP contribution in [0.25, 0.3) is 43.2 Å². The second kappa shape index (κ2) is 29.0. The van der Waals surface area contributed by atoms with Crippen molar-refractivity contribution < 1.29 is 52.4 Å². The van der Waals surface area contributed by atoms with Crippen molar-refractivity contribution in [3.8, 4) is 33.3 Å². The van der Waals surface area contributed by atoms with Crippen molar-refractivity contribution in [1.29, 1.82) is 0 Å². The summed E-state index contributed by atoms with van der Waals surface area (Å²) in [5, 5.41) is 18.6. The number of halogens is 2. The topological polar surface area (TPSA) is 210 Å². The summed E-state index contributed by atoms with van der Waals surface area (Å²) in [7, 11) is 0. The number of ether oxygens (including phenoxy) is 5. The normalized spacial score (nSPS) is 16.9. The second-order valence-corrected chi connectivity index (χ2v) is 24.0. The number of carbonyl (C=O) groups is 4. The number of phenolic OH excluding ortho intramolecular Hbond substituents is 1. The number of aromatic nitrogens is 3. The van der Waals surface area contributed by atoms with Crippen LogP contribution in [0, 0.1) is 18.2 Å². The van der Waals surface area contributed by atoms with Gasteiger partial charge in [0, 0.05) is 63.3 Å². The van der Waals surface area contributed by atoms with Crippen LogP contribution >= 0.6 is 22.9 Å². The fourth-order valence-corrected chi connectivity index (χ4v) is 12.2. The smallest absolute Gasteiger partial charge is 0.319 e. The molecule has 3 atom stereocenters. The number of phenols is 1. The third-order valence-corrected chi connectivity index (χ3v) is 17.0. The summed E-state index contributed by atoms with van der Waals surface area (Å²) in [5.74, 6) is -1.33. The molecule has 3 fully saturated rings. The molecule has 9 rings (SSSR count). The summed E-state index contributed by atoms with van der Waals surface area (Å²) in [5.41, 5.74) is 4.78. The summed E-state index contributed by atoms with van der Waals surface area (Å²) in [4.78, 5) is 75.8. The maximum absolute atomic E-state index is 17.1. The van der Waals surface area contributed by atoms with Gasteiger partial charge in [-0.05, 0) is 96.7 Å². The molecule has 3 aliphatic heterocycles. The van der Waals surface area contributed by atoms with E-state index in [-0.39, 0.29) is 77.6 Å². The van der Waals surface area contributed by atoms with Gasteiger partial charge in [0.25, 0.3) is 0 Å². The summed E-state index contributed by atoms with van der Waals surface area (Å²) < 4.78 is 46.4. The van der Waals surface area contributed by atoms with E-state index in [1.807, 2.05) is 93.6 Å². The highest BCUT2D eigenvalue weighted by Gasteiger charge is 2.42. The summed E-state index contributed by atoms with van der Waals surface area (Å²) in [6, 6.07) is 18.5. The maximum Gasteiger partial charge on any atom is 0.319 e. The number of fused-ring (bicyclic) bond motifs is 2. The molecule has 0 spiro atoms. The minimum Gasteiger partial charge on any atom is -0.508 e. The number of nitrogens with one attached hydrogen (secondary N) is 2. The highest BCUT2D eigenvalue weighted by Crippen LogP contribution is 2.43. The first-order chi connectivity index (χ1) is 41.0. The number of aromatic hydroxyl groups is 1. The first-order valence-corrected chi connectivity index (χ1v) is 30.4. The number of thiazole rings is 1. The van der Waals surface area contributed by atoms with E-state index < -0.39 is 29.2 Å². The molecule has 454 valence electrons. The molecule has 19 nitrogen and oxygen atoms in total. The van der Waals surface area contributed by atoms with Crippen LogP contribution < -0.4 is 20.3 Å². The summed E-state index contributed by atoms with van der Waals surface area (Å²) in [6.07, 6.45) is 3.68. The van der Waals surface area contributed by atoms with E-state index in [0.717, 1.165) is 52.1 Å². The molecular formula is C63H77ClFN9O10S. The molecule has 0 unspecified atom stereocenters. The van der Waals surface area contributed by atoms with Crippen LogP contribution in [0.15, 0.2) is 84.9 Å². The number of piperidine rings is 1. The van der Waals surface area contributed by atoms with Crippen LogP contribution in [0.2, 0.25) is 5.02 Å². The lowest BCUT2D eigenvalue weighted by Crippen LogP contribution is -2.58. The van der Waals surface area contributed by atoms with Gasteiger partial charge in [-0.15, -0.1) is 11.3 Å². The van der Waals surface area contributed by atoms with Gasteiger partial charge in [0.2, 0.25) is 23.6 Å². The predicted molar refractivity (Wildman–Crippen MR) is 326 cm³/mol. The van der Waals surface area contributed by atoms with Gasteiger partial charge in [-0.2, -0.15) is 9.97 Å². The average molecular weight is 1210 g/mol.